The predicted molar refractivity (Wildman–Crippen MR) is 91.2 cm³/mol. The first-order valence-electron chi connectivity index (χ1n) is 8.05. The lowest BCUT2D eigenvalue weighted by molar-refractivity contribution is 0.0893. The summed E-state index contributed by atoms with van der Waals surface area (Å²) in [7, 11) is 0. The number of hydrogen-bond acceptors (Lipinski definition) is 4. The van der Waals surface area contributed by atoms with Gasteiger partial charge < -0.3 is 14.7 Å². The molecular weight excluding hydrogens is 314 g/mol. The Kier molecular flexibility index (Phi) is 5.41. The molecule has 1 unspecified atom stereocenters. The molecule has 0 bridgehead atoms. The van der Waals surface area contributed by atoms with E-state index >= 15 is 0 Å². The van der Waals surface area contributed by atoms with Crippen LogP contribution in [0, 0.1) is 0 Å². The monoisotopic (exact) mass is 335 g/mol. The normalized spacial score (nSPS) is 16.3. The Labute approximate surface area is 141 Å². The lowest BCUT2D eigenvalue weighted by Crippen LogP contribution is -2.29. The number of nitrogens with zero attached hydrogens (tertiary/aromatic N) is 3. The molecule has 1 aromatic carbocycles. The van der Waals surface area contributed by atoms with Crippen molar-refractivity contribution in [2.75, 3.05) is 24.6 Å². The van der Waals surface area contributed by atoms with Crippen LogP contribution >= 0.6 is 11.6 Å². The second-order valence-electron chi connectivity index (χ2n) is 5.85. The number of ether oxygens (including phenoxy) is 1. The van der Waals surface area contributed by atoms with Crippen molar-refractivity contribution in [1.82, 2.24) is 9.78 Å². The molecule has 1 atom stereocenters. The summed E-state index contributed by atoms with van der Waals surface area (Å²) < 4.78 is 7.33. The standard InChI is InChI=1S/C17H22ClN3O2/c18-16-11-15(5-6-17(16)20-8-2-1-3-9-20)23-13-14(22)12-21-10-4-7-19-21/h4-7,10-11,14,22H,1-3,8-9,12-13H2. The van der Waals surface area contributed by atoms with Crippen molar-refractivity contribution in [2.24, 2.45) is 0 Å². The first-order valence-corrected chi connectivity index (χ1v) is 8.43. The van der Waals surface area contributed by atoms with E-state index in [1.165, 1.54) is 19.3 Å². The molecule has 1 fully saturated rings. The summed E-state index contributed by atoms with van der Waals surface area (Å²) in [6, 6.07) is 7.57. The Morgan fingerprint density at radius 3 is 2.78 bits per heavy atom. The van der Waals surface area contributed by atoms with Crippen molar-refractivity contribution in [1.29, 1.82) is 0 Å². The Morgan fingerprint density at radius 1 is 1.26 bits per heavy atom. The van der Waals surface area contributed by atoms with E-state index in [4.69, 9.17) is 16.3 Å². The fraction of sp³-hybridized carbons (Fsp3) is 0.471. The van der Waals surface area contributed by atoms with Crippen molar-refractivity contribution in [2.45, 2.75) is 31.9 Å². The summed E-state index contributed by atoms with van der Waals surface area (Å²) in [5.74, 6) is 0.676. The van der Waals surface area contributed by atoms with Gasteiger partial charge in [0.25, 0.3) is 0 Å². The van der Waals surface area contributed by atoms with Crippen LogP contribution in [0.5, 0.6) is 5.75 Å². The second kappa shape index (κ2) is 7.70. The van der Waals surface area contributed by atoms with Crippen LogP contribution in [0.4, 0.5) is 5.69 Å². The minimum Gasteiger partial charge on any atom is -0.491 e. The van der Waals surface area contributed by atoms with Gasteiger partial charge in [-0.1, -0.05) is 11.6 Å². The number of rotatable bonds is 6. The maximum absolute atomic E-state index is 9.98. The van der Waals surface area contributed by atoms with Crippen LogP contribution in [0.15, 0.2) is 36.7 Å². The molecule has 6 heteroatoms. The lowest BCUT2D eigenvalue weighted by atomic mass is 10.1. The van der Waals surface area contributed by atoms with E-state index in [-0.39, 0.29) is 6.61 Å². The molecule has 5 nitrogen and oxygen atoms in total. The highest BCUT2D eigenvalue weighted by Crippen LogP contribution is 2.31. The van der Waals surface area contributed by atoms with E-state index < -0.39 is 6.10 Å². The van der Waals surface area contributed by atoms with E-state index in [2.05, 4.69) is 10.00 Å². The average Bonchev–Trinajstić information content (AvgIpc) is 3.07. The van der Waals surface area contributed by atoms with Crippen LogP contribution in [0.2, 0.25) is 5.02 Å². The summed E-state index contributed by atoms with van der Waals surface area (Å²) in [5.41, 5.74) is 1.07. The molecule has 1 saturated heterocycles. The predicted octanol–water partition coefficient (Wildman–Crippen LogP) is 2.97. The van der Waals surface area contributed by atoms with E-state index in [1.807, 2.05) is 30.5 Å². The van der Waals surface area contributed by atoms with Gasteiger partial charge in [0.05, 0.1) is 17.3 Å². The van der Waals surface area contributed by atoms with Gasteiger partial charge in [0.1, 0.15) is 18.5 Å². The molecule has 3 rings (SSSR count). The van der Waals surface area contributed by atoms with E-state index in [0.29, 0.717) is 17.3 Å². The summed E-state index contributed by atoms with van der Waals surface area (Å²) in [6.45, 7) is 2.73. The maximum Gasteiger partial charge on any atom is 0.121 e. The highest BCUT2D eigenvalue weighted by Gasteiger charge is 2.14. The summed E-state index contributed by atoms with van der Waals surface area (Å²) >= 11 is 6.39. The van der Waals surface area contributed by atoms with Gasteiger partial charge in [-0.15, -0.1) is 0 Å². The third-order valence-electron chi connectivity index (χ3n) is 4.02. The van der Waals surface area contributed by atoms with Crippen molar-refractivity contribution in [3.8, 4) is 5.75 Å². The van der Waals surface area contributed by atoms with Crippen molar-refractivity contribution in [3.05, 3.63) is 41.7 Å². The number of halogens is 1. The molecule has 1 aliphatic heterocycles. The first-order chi connectivity index (χ1) is 11.2. The minimum atomic E-state index is -0.615. The van der Waals surface area contributed by atoms with Gasteiger partial charge in [0, 0.05) is 31.5 Å². The highest BCUT2D eigenvalue weighted by atomic mass is 35.5. The number of piperidine rings is 1. The van der Waals surface area contributed by atoms with E-state index in [9.17, 15) is 5.11 Å². The Hall–Kier alpha value is -1.72. The van der Waals surface area contributed by atoms with E-state index in [0.717, 1.165) is 18.8 Å². The zero-order valence-electron chi connectivity index (χ0n) is 13.1. The Balaban J connectivity index is 1.55. The van der Waals surface area contributed by atoms with Gasteiger partial charge in [-0.2, -0.15) is 5.10 Å². The van der Waals surface area contributed by atoms with Gasteiger partial charge in [0.2, 0.25) is 0 Å². The van der Waals surface area contributed by atoms with Crippen LogP contribution in [0.25, 0.3) is 0 Å². The molecule has 124 valence electrons. The second-order valence-corrected chi connectivity index (χ2v) is 6.26. The van der Waals surface area contributed by atoms with Crippen molar-refractivity contribution in [3.63, 3.8) is 0 Å². The highest BCUT2D eigenvalue weighted by molar-refractivity contribution is 6.33. The molecule has 1 N–H and O–H groups in total. The van der Waals surface area contributed by atoms with Crippen LogP contribution in [0.1, 0.15) is 19.3 Å². The molecule has 0 aliphatic carbocycles. The average molecular weight is 336 g/mol. The lowest BCUT2D eigenvalue weighted by Gasteiger charge is -2.29. The quantitative estimate of drug-likeness (QED) is 0.881. The molecule has 0 radical (unpaired) electrons. The zero-order valence-corrected chi connectivity index (χ0v) is 13.8. The molecule has 0 amide bonds. The fourth-order valence-electron chi connectivity index (χ4n) is 2.84. The molecule has 1 aromatic heterocycles. The van der Waals surface area contributed by atoms with Gasteiger partial charge >= 0.3 is 0 Å². The number of hydrogen-bond donors (Lipinski definition) is 1. The van der Waals surface area contributed by atoms with Gasteiger partial charge in [-0.3, -0.25) is 4.68 Å². The third-order valence-corrected chi connectivity index (χ3v) is 4.32. The summed E-state index contributed by atoms with van der Waals surface area (Å²) in [5, 5.41) is 14.7. The topological polar surface area (TPSA) is 50.5 Å². The van der Waals surface area contributed by atoms with Crippen molar-refractivity contribution >= 4 is 17.3 Å². The molecule has 1 aliphatic rings. The number of aromatic nitrogens is 2. The molecular formula is C17H22ClN3O2. The van der Waals surface area contributed by atoms with E-state index in [1.54, 1.807) is 10.9 Å². The van der Waals surface area contributed by atoms with Crippen LogP contribution < -0.4 is 9.64 Å². The zero-order chi connectivity index (χ0) is 16.1. The summed E-state index contributed by atoms with van der Waals surface area (Å²) in [6.07, 6.45) is 6.61. The maximum atomic E-state index is 9.98. The number of anilines is 1. The molecule has 23 heavy (non-hydrogen) atoms. The summed E-state index contributed by atoms with van der Waals surface area (Å²) in [4.78, 5) is 2.32. The van der Waals surface area contributed by atoms with Crippen molar-refractivity contribution < 1.29 is 9.84 Å². The van der Waals surface area contributed by atoms with Gasteiger partial charge in [-0.25, -0.2) is 0 Å². The smallest absolute Gasteiger partial charge is 0.121 e. The van der Waals surface area contributed by atoms with Gasteiger partial charge in [-0.05, 0) is 37.5 Å². The number of aliphatic hydroxyl groups excluding tert-OH is 1. The number of benzene rings is 1. The molecule has 2 aromatic rings. The SMILES string of the molecule is OC(COc1ccc(N2CCCCC2)c(Cl)c1)Cn1cccn1. The largest absolute Gasteiger partial charge is 0.491 e. The van der Waals surface area contributed by atoms with Crippen LogP contribution in [0.3, 0.4) is 0 Å². The first kappa shape index (κ1) is 16.1. The minimum absolute atomic E-state index is 0.208. The third kappa shape index (κ3) is 4.39. The van der Waals surface area contributed by atoms with Crippen LogP contribution in [-0.4, -0.2) is 40.7 Å². The fourth-order valence-corrected chi connectivity index (χ4v) is 3.13. The Bertz CT molecular complexity index is 612. The van der Waals surface area contributed by atoms with Gasteiger partial charge in [0.15, 0.2) is 0 Å². The Morgan fingerprint density at radius 2 is 2.09 bits per heavy atom. The molecule has 2 heterocycles. The van der Waals surface area contributed by atoms with Crippen LogP contribution in [-0.2, 0) is 6.54 Å². The molecule has 0 saturated carbocycles. The molecule has 0 spiro atoms. The number of aliphatic hydroxyl groups is 1.